The van der Waals surface area contributed by atoms with Crippen LogP contribution >= 0.6 is 11.3 Å². The fraction of sp³-hybridized carbons (Fsp3) is 0.308. The monoisotopic (exact) mass is 250 g/mol. The Balaban J connectivity index is 2.32. The van der Waals surface area contributed by atoms with Gasteiger partial charge in [0.1, 0.15) is 5.82 Å². The largest absolute Gasteiger partial charge is 0.328 e. The highest BCUT2D eigenvalue weighted by Gasteiger charge is 2.10. The molecule has 0 bridgehead atoms. The van der Waals surface area contributed by atoms with E-state index in [0.717, 1.165) is 27.6 Å². The van der Waals surface area contributed by atoms with Crippen LogP contribution in [0.25, 0.3) is 10.4 Å². The van der Waals surface area contributed by atoms with E-state index >= 15 is 0 Å². The van der Waals surface area contributed by atoms with Gasteiger partial charge in [-0.2, -0.15) is 0 Å². The fourth-order valence-electron chi connectivity index (χ4n) is 1.68. The molecular weight excluding hydrogens is 235 g/mol. The maximum absolute atomic E-state index is 12.9. The number of nitrogens with zero attached hydrogens (tertiary/aromatic N) is 1. The molecule has 2 nitrogen and oxygen atoms in total. The Labute approximate surface area is 104 Å². The second-order valence-electron chi connectivity index (χ2n) is 4.21. The van der Waals surface area contributed by atoms with E-state index in [1.807, 2.05) is 13.8 Å². The van der Waals surface area contributed by atoms with Crippen LogP contribution in [0.2, 0.25) is 0 Å². The molecule has 90 valence electrons. The summed E-state index contributed by atoms with van der Waals surface area (Å²) in [6, 6.07) is 6.62. The molecule has 0 saturated heterocycles. The number of rotatable bonds is 3. The number of halogens is 1. The first kappa shape index (κ1) is 12.2. The van der Waals surface area contributed by atoms with Crippen molar-refractivity contribution in [2.45, 2.75) is 26.3 Å². The van der Waals surface area contributed by atoms with Crippen molar-refractivity contribution in [3.8, 4) is 10.4 Å². The molecule has 2 rings (SSSR count). The summed E-state index contributed by atoms with van der Waals surface area (Å²) in [5.74, 6) is -0.216. The molecule has 4 heteroatoms. The minimum atomic E-state index is -0.216. The Morgan fingerprint density at radius 2 is 2.00 bits per heavy atom. The summed E-state index contributed by atoms with van der Waals surface area (Å²) in [6.07, 6.45) is 0.784. The number of aromatic nitrogens is 1. The SMILES string of the molecule is Cc1nc(CC(C)N)sc1-c1ccc(F)cc1. The molecule has 0 amide bonds. The first-order chi connectivity index (χ1) is 8.06. The first-order valence-corrected chi connectivity index (χ1v) is 6.35. The second kappa shape index (κ2) is 4.94. The van der Waals surface area contributed by atoms with Gasteiger partial charge in [0.2, 0.25) is 0 Å². The average Bonchev–Trinajstić information content (AvgIpc) is 2.59. The lowest BCUT2D eigenvalue weighted by Gasteiger charge is -1.99. The number of thiazole rings is 1. The van der Waals surface area contributed by atoms with E-state index < -0.39 is 0 Å². The van der Waals surface area contributed by atoms with Gasteiger partial charge in [-0.15, -0.1) is 11.3 Å². The summed E-state index contributed by atoms with van der Waals surface area (Å²) in [5, 5.41) is 1.04. The van der Waals surface area contributed by atoms with Crippen molar-refractivity contribution in [2.24, 2.45) is 5.73 Å². The minimum absolute atomic E-state index is 0.113. The van der Waals surface area contributed by atoms with Gasteiger partial charge in [-0.3, -0.25) is 0 Å². The smallest absolute Gasteiger partial charge is 0.123 e. The van der Waals surface area contributed by atoms with E-state index in [4.69, 9.17) is 5.73 Å². The van der Waals surface area contributed by atoms with Crippen molar-refractivity contribution in [2.75, 3.05) is 0 Å². The zero-order valence-corrected chi connectivity index (χ0v) is 10.7. The molecule has 0 aliphatic rings. The highest BCUT2D eigenvalue weighted by Crippen LogP contribution is 2.30. The number of aryl methyl sites for hydroxylation is 1. The number of benzene rings is 1. The Kier molecular flexibility index (Phi) is 3.54. The molecule has 1 unspecified atom stereocenters. The zero-order valence-electron chi connectivity index (χ0n) is 9.90. The third-order valence-corrected chi connectivity index (χ3v) is 3.67. The molecule has 1 heterocycles. The summed E-state index contributed by atoms with van der Waals surface area (Å²) >= 11 is 1.63. The molecule has 0 fully saturated rings. The van der Waals surface area contributed by atoms with Crippen LogP contribution in [0.1, 0.15) is 17.6 Å². The van der Waals surface area contributed by atoms with E-state index in [0.29, 0.717) is 0 Å². The summed E-state index contributed by atoms with van der Waals surface area (Å²) in [4.78, 5) is 5.59. The summed E-state index contributed by atoms with van der Waals surface area (Å²) < 4.78 is 12.9. The molecule has 0 aliphatic heterocycles. The Morgan fingerprint density at radius 1 is 1.35 bits per heavy atom. The molecule has 1 aromatic carbocycles. The third kappa shape index (κ3) is 2.90. The first-order valence-electron chi connectivity index (χ1n) is 5.54. The lowest BCUT2D eigenvalue weighted by atomic mass is 10.1. The van der Waals surface area contributed by atoms with Crippen LogP contribution in [-0.4, -0.2) is 11.0 Å². The lowest BCUT2D eigenvalue weighted by molar-refractivity contribution is 0.628. The van der Waals surface area contributed by atoms with Gasteiger partial charge in [-0.25, -0.2) is 9.37 Å². The molecule has 0 spiro atoms. The van der Waals surface area contributed by atoms with Crippen LogP contribution in [0.4, 0.5) is 4.39 Å². The second-order valence-corrected chi connectivity index (χ2v) is 5.29. The quantitative estimate of drug-likeness (QED) is 0.909. The Hall–Kier alpha value is -1.26. The molecule has 2 aromatic rings. The van der Waals surface area contributed by atoms with Crippen molar-refractivity contribution in [3.05, 3.63) is 40.8 Å². The topological polar surface area (TPSA) is 38.9 Å². The van der Waals surface area contributed by atoms with E-state index in [2.05, 4.69) is 4.98 Å². The summed E-state index contributed by atoms with van der Waals surface area (Å²) in [5.41, 5.74) is 7.75. The molecule has 1 atom stereocenters. The van der Waals surface area contributed by atoms with Crippen molar-refractivity contribution >= 4 is 11.3 Å². The number of hydrogen-bond acceptors (Lipinski definition) is 3. The van der Waals surface area contributed by atoms with E-state index in [9.17, 15) is 4.39 Å². The molecule has 2 N–H and O–H groups in total. The van der Waals surface area contributed by atoms with Crippen molar-refractivity contribution in [3.63, 3.8) is 0 Å². The van der Waals surface area contributed by atoms with E-state index in [1.165, 1.54) is 12.1 Å². The van der Waals surface area contributed by atoms with E-state index in [-0.39, 0.29) is 11.9 Å². The maximum Gasteiger partial charge on any atom is 0.123 e. The van der Waals surface area contributed by atoms with Gasteiger partial charge in [0.15, 0.2) is 0 Å². The predicted molar refractivity (Wildman–Crippen MR) is 69.6 cm³/mol. The van der Waals surface area contributed by atoms with Gasteiger partial charge < -0.3 is 5.73 Å². The normalized spacial score (nSPS) is 12.7. The van der Waals surface area contributed by atoms with E-state index in [1.54, 1.807) is 23.5 Å². The lowest BCUT2D eigenvalue weighted by Crippen LogP contribution is -2.17. The van der Waals surface area contributed by atoms with Gasteiger partial charge in [0, 0.05) is 12.5 Å². The van der Waals surface area contributed by atoms with Crippen molar-refractivity contribution in [1.82, 2.24) is 4.98 Å². The summed E-state index contributed by atoms with van der Waals surface area (Å²) in [7, 11) is 0. The zero-order chi connectivity index (χ0) is 12.4. The molecule has 17 heavy (non-hydrogen) atoms. The third-order valence-electron chi connectivity index (χ3n) is 2.44. The molecule has 0 radical (unpaired) electrons. The Morgan fingerprint density at radius 3 is 2.59 bits per heavy atom. The van der Waals surface area contributed by atoms with Crippen LogP contribution in [-0.2, 0) is 6.42 Å². The average molecular weight is 250 g/mol. The van der Waals surface area contributed by atoms with Crippen LogP contribution < -0.4 is 5.73 Å². The molecule has 1 aromatic heterocycles. The van der Waals surface area contributed by atoms with Crippen LogP contribution in [0, 0.1) is 12.7 Å². The van der Waals surface area contributed by atoms with Crippen molar-refractivity contribution in [1.29, 1.82) is 0 Å². The molecular formula is C13H15FN2S. The van der Waals surface area contributed by atoms with Crippen molar-refractivity contribution < 1.29 is 4.39 Å². The highest BCUT2D eigenvalue weighted by molar-refractivity contribution is 7.15. The predicted octanol–water partition coefficient (Wildman–Crippen LogP) is 3.15. The van der Waals surface area contributed by atoms with Gasteiger partial charge in [-0.05, 0) is 31.5 Å². The van der Waals surface area contributed by atoms with Crippen LogP contribution in [0.5, 0.6) is 0 Å². The standard InChI is InChI=1S/C13H15FN2S/c1-8(15)7-12-16-9(2)13(17-12)10-3-5-11(14)6-4-10/h3-6,8H,7,15H2,1-2H3. The van der Waals surface area contributed by atoms with Gasteiger partial charge in [0.25, 0.3) is 0 Å². The number of nitrogens with two attached hydrogens (primary N) is 1. The number of hydrogen-bond donors (Lipinski definition) is 1. The maximum atomic E-state index is 12.9. The summed E-state index contributed by atoms with van der Waals surface area (Å²) in [6.45, 7) is 3.94. The van der Waals surface area contributed by atoms with Crippen LogP contribution in [0.15, 0.2) is 24.3 Å². The fourth-order valence-corrected chi connectivity index (χ4v) is 2.90. The van der Waals surface area contributed by atoms with Gasteiger partial charge in [0.05, 0.1) is 15.6 Å². The Bertz CT molecular complexity index is 503. The van der Waals surface area contributed by atoms with Gasteiger partial charge in [-0.1, -0.05) is 12.1 Å². The molecule has 0 aliphatic carbocycles. The molecule has 0 saturated carbocycles. The van der Waals surface area contributed by atoms with Gasteiger partial charge >= 0.3 is 0 Å². The minimum Gasteiger partial charge on any atom is -0.328 e. The van der Waals surface area contributed by atoms with Crippen LogP contribution in [0.3, 0.4) is 0 Å². The highest BCUT2D eigenvalue weighted by atomic mass is 32.1.